The first-order chi connectivity index (χ1) is 15.8. The van der Waals surface area contributed by atoms with Crippen molar-refractivity contribution in [2.75, 3.05) is 44.2 Å². The van der Waals surface area contributed by atoms with Gasteiger partial charge in [0.05, 0.1) is 22.9 Å². The Kier molecular flexibility index (Phi) is 8.83. The molecular weight excluding hydrogens is 537 g/mol. The maximum atomic E-state index is 13.4. The van der Waals surface area contributed by atoms with E-state index in [0.29, 0.717) is 44.3 Å². The van der Waals surface area contributed by atoms with Gasteiger partial charge < -0.3 is 14.6 Å². The van der Waals surface area contributed by atoms with Crippen LogP contribution in [0.4, 0.5) is 18.9 Å². The number of pyridine rings is 2. The Hall–Kier alpha value is -2.30. The number of H-pyrrole nitrogens is 1. The van der Waals surface area contributed by atoms with E-state index < -0.39 is 11.7 Å². The number of benzene rings is 1. The monoisotopic (exact) mass is 560 g/mol. The van der Waals surface area contributed by atoms with E-state index >= 15 is 0 Å². The van der Waals surface area contributed by atoms with E-state index in [1.54, 1.807) is 23.1 Å². The largest absolute Gasteiger partial charge is 0.478 e. The number of aromatic nitrogens is 2. The van der Waals surface area contributed by atoms with Gasteiger partial charge in [-0.05, 0) is 43.7 Å². The van der Waals surface area contributed by atoms with Crippen LogP contribution in [0.3, 0.4) is 0 Å². The molecule has 1 fully saturated rings. The summed E-state index contributed by atoms with van der Waals surface area (Å²) in [6.45, 7) is 3.73. The fourth-order valence-electron chi connectivity index (χ4n) is 3.97. The number of hydrogen-bond acceptors (Lipinski definition) is 5. The number of nitrogens with one attached hydrogen (secondary N) is 1. The van der Waals surface area contributed by atoms with E-state index in [1.165, 1.54) is 18.2 Å². The average Bonchev–Trinajstić information content (AvgIpc) is 2.78. The van der Waals surface area contributed by atoms with Crippen molar-refractivity contribution in [2.24, 2.45) is 0 Å². The van der Waals surface area contributed by atoms with Crippen molar-refractivity contribution < 1.29 is 17.9 Å². The van der Waals surface area contributed by atoms with Gasteiger partial charge >= 0.3 is 6.18 Å². The van der Waals surface area contributed by atoms with Crippen LogP contribution in [-0.2, 0) is 6.18 Å². The third-order valence-electron chi connectivity index (χ3n) is 5.66. The lowest BCUT2D eigenvalue weighted by molar-refractivity contribution is -0.137. The van der Waals surface area contributed by atoms with Gasteiger partial charge in [0.25, 0.3) is 0 Å². The van der Waals surface area contributed by atoms with Crippen molar-refractivity contribution in [1.29, 1.82) is 0 Å². The van der Waals surface area contributed by atoms with Crippen molar-refractivity contribution in [2.45, 2.75) is 19.0 Å². The number of alkyl halides is 3. The first-order valence-electron chi connectivity index (χ1n) is 10.8. The van der Waals surface area contributed by atoms with Gasteiger partial charge in [-0.1, -0.05) is 17.7 Å². The third kappa shape index (κ3) is 6.43. The van der Waals surface area contributed by atoms with Gasteiger partial charge in [0.1, 0.15) is 5.65 Å². The summed E-state index contributed by atoms with van der Waals surface area (Å²) in [6, 6.07) is 11.1. The second-order valence-corrected chi connectivity index (χ2v) is 8.33. The van der Waals surface area contributed by atoms with Crippen LogP contribution in [0.15, 0.2) is 47.3 Å². The summed E-state index contributed by atoms with van der Waals surface area (Å²) < 4.78 is 46.0. The number of rotatable bonds is 7. The number of ether oxygens (including phenoxy) is 1. The number of unbranched alkanes of at least 4 members (excludes halogenated alkanes) is 1. The molecule has 2 aromatic heterocycles. The minimum atomic E-state index is -4.49. The van der Waals surface area contributed by atoms with E-state index in [1.807, 2.05) is 6.07 Å². The average molecular weight is 562 g/mol. The van der Waals surface area contributed by atoms with Crippen LogP contribution < -0.4 is 15.2 Å². The number of aromatic amines is 1. The van der Waals surface area contributed by atoms with Crippen LogP contribution in [0.5, 0.6) is 5.88 Å². The van der Waals surface area contributed by atoms with Crippen LogP contribution in [0.2, 0.25) is 5.02 Å². The molecule has 3 heterocycles. The Morgan fingerprint density at radius 1 is 1.03 bits per heavy atom. The highest BCUT2D eigenvalue weighted by Gasteiger charge is 2.37. The molecule has 11 heteroatoms. The highest BCUT2D eigenvalue weighted by atomic mass is 79.9. The molecule has 6 nitrogen and oxygen atoms in total. The quantitative estimate of drug-likeness (QED) is 0.404. The zero-order valence-electron chi connectivity index (χ0n) is 18.3. The molecule has 4 rings (SSSR count). The van der Waals surface area contributed by atoms with Crippen molar-refractivity contribution in [3.8, 4) is 5.88 Å². The van der Waals surface area contributed by atoms with Gasteiger partial charge in [-0.2, -0.15) is 18.2 Å². The molecule has 0 amide bonds. The minimum Gasteiger partial charge on any atom is -0.478 e. The van der Waals surface area contributed by atoms with Crippen LogP contribution in [0.1, 0.15) is 18.4 Å². The Labute approximate surface area is 210 Å². The van der Waals surface area contributed by atoms with Crippen LogP contribution >= 0.6 is 28.6 Å². The predicted molar refractivity (Wildman–Crippen MR) is 133 cm³/mol. The van der Waals surface area contributed by atoms with Crippen LogP contribution in [-0.4, -0.2) is 54.2 Å². The lowest BCUT2D eigenvalue weighted by Gasteiger charge is -2.37. The van der Waals surface area contributed by atoms with Gasteiger partial charge in [-0.3, -0.25) is 9.69 Å². The lowest BCUT2D eigenvalue weighted by Crippen LogP contribution is -2.47. The molecular formula is C23H25BrClF3N4O2. The summed E-state index contributed by atoms with van der Waals surface area (Å²) in [5.41, 5.74) is -0.334. The molecule has 0 atom stereocenters. The van der Waals surface area contributed by atoms with Crippen LogP contribution in [0, 0.1) is 0 Å². The lowest BCUT2D eigenvalue weighted by atomic mass is 10.1. The standard InChI is InChI=1S/C23H24ClF3N4O2.BrH/c24-17-4-3-5-18(21(17)23(25,26)27)31-13-11-30(12-14-31)10-1-2-15-33-20-9-7-16-6-8-19(32)28-22(16)29-20;/h3-9H,1-2,10-15H2,(H,28,29,32);1H. The van der Waals surface area contributed by atoms with E-state index in [9.17, 15) is 18.0 Å². The van der Waals surface area contributed by atoms with E-state index in [-0.39, 0.29) is 33.3 Å². The molecule has 0 unspecified atom stereocenters. The molecule has 1 aromatic carbocycles. The molecule has 184 valence electrons. The third-order valence-corrected chi connectivity index (χ3v) is 5.98. The molecule has 34 heavy (non-hydrogen) atoms. The molecule has 1 aliphatic rings. The predicted octanol–water partition coefficient (Wildman–Crippen LogP) is 5.15. The van der Waals surface area contributed by atoms with Gasteiger partial charge in [-0.15, -0.1) is 17.0 Å². The Morgan fingerprint density at radius 3 is 2.50 bits per heavy atom. The molecule has 1 saturated heterocycles. The summed E-state index contributed by atoms with van der Waals surface area (Å²) in [6.07, 6.45) is -2.77. The van der Waals surface area contributed by atoms with E-state index in [2.05, 4.69) is 14.9 Å². The number of fused-ring (bicyclic) bond motifs is 1. The smallest absolute Gasteiger partial charge is 0.419 e. The summed E-state index contributed by atoms with van der Waals surface area (Å²) in [5, 5.41) is 0.566. The maximum absolute atomic E-state index is 13.4. The van der Waals surface area contributed by atoms with E-state index in [0.717, 1.165) is 24.8 Å². The molecule has 0 saturated carbocycles. The molecule has 0 radical (unpaired) electrons. The Bertz CT molecular complexity index is 1170. The van der Waals surface area contributed by atoms with Gasteiger partial charge in [0.2, 0.25) is 11.4 Å². The fourth-order valence-corrected chi connectivity index (χ4v) is 4.25. The summed E-state index contributed by atoms with van der Waals surface area (Å²) in [7, 11) is 0. The normalized spacial score (nSPS) is 14.8. The second kappa shape index (κ2) is 11.4. The topological polar surface area (TPSA) is 61.5 Å². The molecule has 0 aliphatic carbocycles. The summed E-state index contributed by atoms with van der Waals surface area (Å²) in [5.74, 6) is 0.458. The SMILES string of the molecule is Br.O=c1ccc2ccc(OCCCCN3CCN(c4cccc(Cl)c4C(F)(F)F)CC3)nc2[nH]1. The van der Waals surface area contributed by atoms with Crippen molar-refractivity contribution >= 4 is 45.3 Å². The minimum absolute atomic E-state index is 0. The van der Waals surface area contributed by atoms with E-state index in [4.69, 9.17) is 16.3 Å². The van der Waals surface area contributed by atoms with Crippen molar-refractivity contribution in [3.05, 3.63) is 63.4 Å². The second-order valence-electron chi connectivity index (χ2n) is 7.93. The highest BCUT2D eigenvalue weighted by molar-refractivity contribution is 8.93. The number of hydrogen-bond donors (Lipinski definition) is 1. The Balaban J connectivity index is 0.00000324. The van der Waals surface area contributed by atoms with Crippen molar-refractivity contribution in [3.63, 3.8) is 0 Å². The molecule has 0 bridgehead atoms. The number of piperazine rings is 1. The summed E-state index contributed by atoms with van der Waals surface area (Å²) >= 11 is 5.85. The highest BCUT2D eigenvalue weighted by Crippen LogP contribution is 2.41. The fraction of sp³-hybridized carbons (Fsp3) is 0.391. The zero-order chi connectivity index (χ0) is 23.4. The molecule has 3 aromatic rings. The first-order valence-corrected chi connectivity index (χ1v) is 11.1. The molecule has 1 aliphatic heterocycles. The zero-order valence-corrected chi connectivity index (χ0v) is 20.7. The molecule has 1 N–H and O–H groups in total. The number of nitrogens with zero attached hydrogens (tertiary/aromatic N) is 3. The van der Waals surface area contributed by atoms with Crippen LogP contribution in [0.25, 0.3) is 11.0 Å². The van der Waals surface area contributed by atoms with Gasteiger partial charge in [0.15, 0.2) is 0 Å². The maximum Gasteiger partial charge on any atom is 0.419 e. The first kappa shape index (κ1) is 26.3. The number of anilines is 1. The number of halogens is 5. The van der Waals surface area contributed by atoms with Crippen molar-refractivity contribution in [1.82, 2.24) is 14.9 Å². The van der Waals surface area contributed by atoms with Gasteiger partial charge in [-0.25, -0.2) is 0 Å². The Morgan fingerprint density at radius 2 is 1.76 bits per heavy atom. The summed E-state index contributed by atoms with van der Waals surface area (Å²) in [4.78, 5) is 22.4. The molecule has 0 spiro atoms. The van der Waals surface area contributed by atoms with Gasteiger partial charge in [0, 0.05) is 43.7 Å².